The molecule has 0 bridgehead atoms. The first-order valence-electron chi connectivity index (χ1n) is 8.33. The third-order valence-corrected chi connectivity index (χ3v) is 4.69. The zero-order valence-electron chi connectivity index (χ0n) is 14.7. The molecule has 6 heteroatoms. The fraction of sp³-hybridized carbons (Fsp3) is 0.500. The molecule has 6 nitrogen and oxygen atoms in total. The van der Waals surface area contributed by atoms with E-state index in [2.05, 4.69) is 15.6 Å². The number of amides is 2. The summed E-state index contributed by atoms with van der Waals surface area (Å²) in [5.41, 5.74) is -0.445. The molecule has 24 heavy (non-hydrogen) atoms. The number of methoxy groups -OCH3 is 1. The number of hydrogen-bond acceptors (Lipinski definition) is 4. The molecule has 0 saturated carbocycles. The highest BCUT2D eigenvalue weighted by molar-refractivity contribution is 6.20. The van der Waals surface area contributed by atoms with Crippen LogP contribution in [0.15, 0.2) is 29.3 Å². The average Bonchev–Trinajstić information content (AvgIpc) is 2.55. The van der Waals surface area contributed by atoms with Gasteiger partial charge in [-0.15, -0.1) is 0 Å². The Kier molecular flexibility index (Phi) is 5.59. The third kappa shape index (κ3) is 3.27. The summed E-state index contributed by atoms with van der Waals surface area (Å²) < 4.78 is 5.15. The van der Waals surface area contributed by atoms with Crippen LogP contribution >= 0.6 is 0 Å². The predicted molar refractivity (Wildman–Crippen MR) is 93.2 cm³/mol. The normalized spacial score (nSPS) is 21.8. The summed E-state index contributed by atoms with van der Waals surface area (Å²) in [5, 5.41) is 5.50. The average molecular weight is 331 g/mol. The van der Waals surface area contributed by atoms with Crippen LogP contribution in [0.25, 0.3) is 0 Å². The molecule has 2 N–H and O–H groups in total. The van der Waals surface area contributed by atoms with Crippen LogP contribution in [0.2, 0.25) is 0 Å². The van der Waals surface area contributed by atoms with Gasteiger partial charge in [-0.2, -0.15) is 0 Å². The van der Waals surface area contributed by atoms with Gasteiger partial charge in [0.2, 0.25) is 17.8 Å². The van der Waals surface area contributed by atoms with Crippen LogP contribution in [0.3, 0.4) is 0 Å². The molecule has 1 unspecified atom stereocenters. The standard InChI is InChI=1S/C18H25N3O3/c1-5-8-12(3)18(6-2)15(22)20-17(21-16(18)23)19-13-9-7-10-14(11-13)24-4/h7,9-12H,5-6,8H2,1-4H3,(H2,19,20,21,22,23). The second-order valence-electron chi connectivity index (χ2n) is 6.08. The number of rotatable bonds is 6. The zero-order chi connectivity index (χ0) is 17.7. The van der Waals surface area contributed by atoms with E-state index in [1.54, 1.807) is 31.4 Å². The Morgan fingerprint density at radius 2 is 1.88 bits per heavy atom. The van der Waals surface area contributed by atoms with Gasteiger partial charge in [0, 0.05) is 6.07 Å². The molecule has 0 aliphatic carbocycles. The van der Waals surface area contributed by atoms with E-state index in [4.69, 9.17) is 4.74 Å². The minimum Gasteiger partial charge on any atom is -0.497 e. The molecular weight excluding hydrogens is 306 g/mol. The maximum atomic E-state index is 12.7. The van der Waals surface area contributed by atoms with Crippen molar-refractivity contribution in [1.82, 2.24) is 10.6 Å². The van der Waals surface area contributed by atoms with Crippen molar-refractivity contribution >= 4 is 23.5 Å². The molecule has 1 heterocycles. The van der Waals surface area contributed by atoms with Crippen molar-refractivity contribution < 1.29 is 14.3 Å². The first-order chi connectivity index (χ1) is 11.5. The second-order valence-corrected chi connectivity index (χ2v) is 6.08. The smallest absolute Gasteiger partial charge is 0.242 e. The van der Waals surface area contributed by atoms with Gasteiger partial charge in [0.15, 0.2) is 0 Å². The van der Waals surface area contributed by atoms with E-state index in [0.29, 0.717) is 17.9 Å². The molecule has 1 aliphatic rings. The monoisotopic (exact) mass is 331 g/mol. The van der Waals surface area contributed by atoms with Crippen molar-refractivity contribution in [2.24, 2.45) is 16.3 Å². The molecule has 1 atom stereocenters. The molecule has 1 saturated heterocycles. The van der Waals surface area contributed by atoms with E-state index in [9.17, 15) is 9.59 Å². The minimum absolute atomic E-state index is 0.0362. The minimum atomic E-state index is -1.04. The number of nitrogens with zero attached hydrogens (tertiary/aromatic N) is 1. The van der Waals surface area contributed by atoms with Crippen molar-refractivity contribution in [1.29, 1.82) is 0 Å². The molecule has 0 aromatic heterocycles. The Morgan fingerprint density at radius 1 is 1.21 bits per heavy atom. The van der Waals surface area contributed by atoms with E-state index in [-0.39, 0.29) is 23.7 Å². The quantitative estimate of drug-likeness (QED) is 0.787. The lowest BCUT2D eigenvalue weighted by molar-refractivity contribution is -0.147. The zero-order valence-corrected chi connectivity index (χ0v) is 14.7. The fourth-order valence-corrected chi connectivity index (χ4v) is 3.23. The van der Waals surface area contributed by atoms with E-state index in [1.807, 2.05) is 20.8 Å². The molecule has 1 aliphatic heterocycles. The number of aliphatic imine (C=N–C) groups is 1. The van der Waals surface area contributed by atoms with Crippen LogP contribution < -0.4 is 15.4 Å². The first-order valence-corrected chi connectivity index (χ1v) is 8.33. The predicted octanol–water partition coefficient (Wildman–Crippen LogP) is 2.76. The van der Waals surface area contributed by atoms with Gasteiger partial charge >= 0.3 is 0 Å². The first kappa shape index (κ1) is 18.0. The number of guanidine groups is 1. The Hall–Kier alpha value is -2.37. The molecule has 130 valence electrons. The van der Waals surface area contributed by atoms with Crippen LogP contribution in [-0.4, -0.2) is 24.9 Å². The topological polar surface area (TPSA) is 79.8 Å². The molecule has 2 rings (SSSR count). The number of hydrogen-bond donors (Lipinski definition) is 2. The molecule has 0 spiro atoms. The lowest BCUT2D eigenvalue weighted by Crippen LogP contribution is -2.64. The maximum absolute atomic E-state index is 12.7. The van der Waals surface area contributed by atoms with Crippen molar-refractivity contribution in [2.45, 2.75) is 40.0 Å². The van der Waals surface area contributed by atoms with Gasteiger partial charge in [0.1, 0.15) is 11.2 Å². The summed E-state index contributed by atoms with van der Waals surface area (Å²) >= 11 is 0. The van der Waals surface area contributed by atoms with Gasteiger partial charge in [-0.3, -0.25) is 20.2 Å². The highest BCUT2D eigenvalue weighted by Crippen LogP contribution is 2.36. The van der Waals surface area contributed by atoms with Crippen LogP contribution in [0.4, 0.5) is 5.69 Å². The Morgan fingerprint density at radius 3 is 2.42 bits per heavy atom. The molecule has 0 radical (unpaired) electrons. The summed E-state index contributed by atoms with van der Waals surface area (Å²) in [7, 11) is 1.57. The summed E-state index contributed by atoms with van der Waals surface area (Å²) in [6.07, 6.45) is 2.20. The Bertz CT molecular complexity index is 635. The van der Waals surface area contributed by atoms with Crippen molar-refractivity contribution in [3.8, 4) is 5.75 Å². The van der Waals surface area contributed by atoms with Gasteiger partial charge in [-0.1, -0.05) is 33.3 Å². The van der Waals surface area contributed by atoms with Gasteiger partial charge in [0.05, 0.1) is 12.8 Å². The SMILES string of the molecule is CCCC(C)C1(CC)C(=O)NC(=Nc2cccc(OC)c2)NC1=O. The lowest BCUT2D eigenvalue weighted by Gasteiger charge is -2.38. The second kappa shape index (κ2) is 7.47. The van der Waals surface area contributed by atoms with Crippen LogP contribution in [0.5, 0.6) is 5.75 Å². The molecule has 1 aromatic rings. The van der Waals surface area contributed by atoms with Crippen molar-refractivity contribution in [3.63, 3.8) is 0 Å². The van der Waals surface area contributed by atoms with Crippen molar-refractivity contribution in [3.05, 3.63) is 24.3 Å². The molecular formula is C18H25N3O3. The lowest BCUT2D eigenvalue weighted by atomic mass is 9.70. The van der Waals surface area contributed by atoms with E-state index < -0.39 is 5.41 Å². The highest BCUT2D eigenvalue weighted by atomic mass is 16.5. The summed E-state index contributed by atoms with van der Waals surface area (Å²) in [5.74, 6) is 0.217. The largest absolute Gasteiger partial charge is 0.497 e. The number of nitrogens with one attached hydrogen (secondary N) is 2. The molecule has 1 fully saturated rings. The van der Waals surface area contributed by atoms with Crippen LogP contribution in [-0.2, 0) is 9.59 Å². The number of ether oxygens (including phenoxy) is 1. The van der Waals surface area contributed by atoms with Gasteiger partial charge in [0.25, 0.3) is 0 Å². The van der Waals surface area contributed by atoms with Crippen LogP contribution in [0.1, 0.15) is 40.0 Å². The maximum Gasteiger partial charge on any atom is 0.242 e. The summed E-state index contributed by atoms with van der Waals surface area (Å²) in [4.78, 5) is 29.7. The number of carbonyl (C=O) groups excluding carboxylic acids is 2. The number of benzene rings is 1. The van der Waals surface area contributed by atoms with Gasteiger partial charge in [-0.25, -0.2) is 4.99 Å². The molecule has 1 aromatic carbocycles. The Balaban J connectivity index is 2.27. The van der Waals surface area contributed by atoms with Crippen LogP contribution in [0, 0.1) is 11.3 Å². The molecule has 2 amide bonds. The van der Waals surface area contributed by atoms with Gasteiger partial charge in [-0.05, 0) is 30.9 Å². The van der Waals surface area contributed by atoms with E-state index >= 15 is 0 Å². The number of carbonyl (C=O) groups is 2. The van der Waals surface area contributed by atoms with Gasteiger partial charge < -0.3 is 4.74 Å². The van der Waals surface area contributed by atoms with E-state index in [1.165, 1.54) is 0 Å². The van der Waals surface area contributed by atoms with E-state index in [0.717, 1.165) is 12.8 Å². The fourth-order valence-electron chi connectivity index (χ4n) is 3.23. The summed E-state index contributed by atoms with van der Waals surface area (Å²) in [6, 6.07) is 7.10. The third-order valence-electron chi connectivity index (χ3n) is 4.69. The summed E-state index contributed by atoms with van der Waals surface area (Å²) in [6.45, 7) is 5.88. The highest BCUT2D eigenvalue weighted by Gasteiger charge is 2.51. The Labute approximate surface area is 142 Å². The van der Waals surface area contributed by atoms with Crippen molar-refractivity contribution in [2.75, 3.05) is 7.11 Å².